The van der Waals surface area contributed by atoms with Crippen LogP contribution in [0.3, 0.4) is 0 Å². The van der Waals surface area contributed by atoms with Crippen LogP contribution in [0.25, 0.3) is 0 Å². The topological polar surface area (TPSA) is 118 Å². The first-order valence-electron chi connectivity index (χ1n) is 12.6. The van der Waals surface area contributed by atoms with Crippen molar-refractivity contribution >= 4 is 23.2 Å². The molecule has 0 saturated carbocycles. The molecule has 1 saturated heterocycles. The van der Waals surface area contributed by atoms with Crippen molar-refractivity contribution in [2.45, 2.75) is 45.3 Å². The lowest BCUT2D eigenvalue weighted by Crippen LogP contribution is -2.39. The van der Waals surface area contributed by atoms with E-state index in [4.69, 9.17) is 4.98 Å². The molecule has 5 rings (SSSR count). The largest absolute Gasteiger partial charge is 0.354 e. The fourth-order valence-corrected chi connectivity index (χ4v) is 5.95. The lowest BCUT2D eigenvalue weighted by Gasteiger charge is -2.20. The van der Waals surface area contributed by atoms with Gasteiger partial charge in [-0.15, -0.1) is 16.4 Å². The van der Waals surface area contributed by atoms with Crippen molar-refractivity contribution in [1.29, 1.82) is 0 Å². The van der Waals surface area contributed by atoms with Crippen molar-refractivity contribution in [2.75, 3.05) is 33.2 Å². The third-order valence-electron chi connectivity index (χ3n) is 7.05. The number of carbonyl (C=O) groups excluding carboxylic acids is 2. The molecule has 0 radical (unpaired) electrons. The lowest BCUT2D eigenvalue weighted by atomic mass is 9.99. The summed E-state index contributed by atoms with van der Waals surface area (Å²) in [4.78, 5) is 47.3. The van der Waals surface area contributed by atoms with Gasteiger partial charge in [-0.1, -0.05) is 19.1 Å². The highest BCUT2D eigenvalue weighted by Crippen LogP contribution is 2.32. The SMILES string of the molecule is CC(C)c1csc(CN2C[C@@H]3CC(=O)NCCN(C)C(=O)c4cccn(c4=O)Cc4cn(nn4)[C@@H]3C2)n1. The van der Waals surface area contributed by atoms with Crippen molar-refractivity contribution in [3.05, 3.63) is 62.2 Å². The van der Waals surface area contributed by atoms with Gasteiger partial charge in [0.15, 0.2) is 0 Å². The molecule has 2 atom stereocenters. The Labute approximate surface area is 219 Å². The Morgan fingerprint density at radius 2 is 2.05 bits per heavy atom. The van der Waals surface area contributed by atoms with Crippen LogP contribution < -0.4 is 10.9 Å². The average Bonchev–Trinajstić information content (AvgIpc) is 3.60. The van der Waals surface area contributed by atoms with Gasteiger partial charge in [-0.05, 0) is 18.1 Å². The summed E-state index contributed by atoms with van der Waals surface area (Å²) < 4.78 is 3.31. The van der Waals surface area contributed by atoms with Crippen molar-refractivity contribution < 1.29 is 9.59 Å². The molecule has 0 aliphatic carbocycles. The third kappa shape index (κ3) is 5.49. The quantitative estimate of drug-likeness (QED) is 0.549. The summed E-state index contributed by atoms with van der Waals surface area (Å²) in [6.45, 7) is 7.30. The molecule has 37 heavy (non-hydrogen) atoms. The molecule has 2 aliphatic rings. The van der Waals surface area contributed by atoms with Gasteiger partial charge < -0.3 is 14.8 Å². The van der Waals surface area contributed by atoms with Gasteiger partial charge in [0.2, 0.25) is 5.91 Å². The maximum atomic E-state index is 13.0. The van der Waals surface area contributed by atoms with Gasteiger partial charge in [0.1, 0.15) is 16.3 Å². The smallest absolute Gasteiger partial charge is 0.263 e. The zero-order valence-electron chi connectivity index (χ0n) is 21.3. The molecule has 4 bridgehead atoms. The van der Waals surface area contributed by atoms with Gasteiger partial charge in [-0.3, -0.25) is 19.3 Å². The van der Waals surface area contributed by atoms with Crippen molar-refractivity contribution in [3.8, 4) is 0 Å². The second kappa shape index (κ2) is 10.5. The van der Waals surface area contributed by atoms with E-state index >= 15 is 0 Å². The number of thiazole rings is 1. The summed E-state index contributed by atoms with van der Waals surface area (Å²) in [5, 5.41) is 14.8. The molecule has 3 aromatic heterocycles. The predicted octanol–water partition coefficient (Wildman–Crippen LogP) is 1.33. The van der Waals surface area contributed by atoms with E-state index in [0.29, 0.717) is 31.1 Å². The number of nitrogens with one attached hydrogen (secondary N) is 1. The number of hydrogen-bond acceptors (Lipinski definition) is 8. The lowest BCUT2D eigenvalue weighted by molar-refractivity contribution is -0.122. The minimum absolute atomic E-state index is 0.0308. The Morgan fingerprint density at radius 1 is 1.22 bits per heavy atom. The maximum absolute atomic E-state index is 13.0. The number of likely N-dealkylation sites (tertiary alicyclic amines) is 1. The monoisotopic (exact) mass is 524 g/mol. The fourth-order valence-electron chi connectivity index (χ4n) is 4.95. The average molecular weight is 525 g/mol. The predicted molar refractivity (Wildman–Crippen MR) is 138 cm³/mol. The number of hydrogen-bond donors (Lipinski definition) is 1. The van der Waals surface area contributed by atoms with Crippen LogP contribution in [0.1, 0.15) is 59.0 Å². The molecule has 2 aliphatic heterocycles. The van der Waals surface area contributed by atoms with Crippen molar-refractivity contribution in [3.63, 3.8) is 0 Å². The molecule has 0 unspecified atom stereocenters. The summed E-state index contributed by atoms with van der Waals surface area (Å²) in [5.41, 5.74) is 1.44. The zero-order chi connectivity index (χ0) is 26.1. The summed E-state index contributed by atoms with van der Waals surface area (Å²) in [6.07, 6.45) is 3.85. The summed E-state index contributed by atoms with van der Waals surface area (Å²) in [6, 6.07) is 3.18. The van der Waals surface area contributed by atoms with E-state index in [-0.39, 0.29) is 41.4 Å². The molecular weight excluding hydrogens is 492 g/mol. The van der Waals surface area contributed by atoms with E-state index in [1.165, 1.54) is 15.5 Å². The molecule has 1 N–H and O–H groups in total. The molecule has 0 spiro atoms. The maximum Gasteiger partial charge on any atom is 0.263 e. The third-order valence-corrected chi connectivity index (χ3v) is 7.90. The van der Waals surface area contributed by atoms with E-state index in [1.54, 1.807) is 30.6 Å². The van der Waals surface area contributed by atoms with Gasteiger partial charge in [0.25, 0.3) is 11.5 Å². The number of fused-ring (bicyclic) bond motifs is 6. The Kier molecular flexibility index (Phi) is 7.20. The number of nitrogens with zero attached hydrogens (tertiary/aromatic N) is 7. The standard InChI is InChI=1S/C25H32N8O3S/c1-16(2)20-15-37-23(27-20)14-31-10-17-9-22(34)26-6-8-30(3)24(35)19-5-4-7-32(25(19)36)11-18-12-33(29-28-18)21(17)13-31/h4-5,7,12,15-17,21H,6,8-11,13-14H2,1-3H3,(H,26,34)/t17-,21+/m0/s1. The van der Waals surface area contributed by atoms with Gasteiger partial charge >= 0.3 is 0 Å². The van der Waals surface area contributed by atoms with E-state index in [0.717, 1.165) is 30.3 Å². The van der Waals surface area contributed by atoms with Gasteiger partial charge in [-0.2, -0.15) is 0 Å². The van der Waals surface area contributed by atoms with E-state index in [9.17, 15) is 14.4 Å². The van der Waals surface area contributed by atoms with Crippen LogP contribution in [-0.2, 0) is 17.9 Å². The molecule has 0 aromatic carbocycles. The first kappa shape index (κ1) is 25.3. The summed E-state index contributed by atoms with van der Waals surface area (Å²) in [5.74, 6) is -0.0143. The van der Waals surface area contributed by atoms with Crippen LogP contribution in [0.5, 0.6) is 0 Å². The van der Waals surface area contributed by atoms with Crippen molar-refractivity contribution in [2.24, 2.45) is 5.92 Å². The first-order valence-corrected chi connectivity index (χ1v) is 13.5. The van der Waals surface area contributed by atoms with Gasteiger partial charge in [0.05, 0.1) is 31.0 Å². The van der Waals surface area contributed by atoms with Crippen LogP contribution in [-0.4, -0.2) is 79.4 Å². The van der Waals surface area contributed by atoms with Crippen LogP contribution in [0.4, 0.5) is 0 Å². The number of likely N-dealkylation sites (N-methyl/N-ethyl adjacent to an activating group) is 1. The minimum atomic E-state index is -0.376. The van der Waals surface area contributed by atoms with Crippen LogP contribution in [0.15, 0.2) is 34.7 Å². The normalized spacial score (nSPS) is 21.4. The Hall–Kier alpha value is -3.38. The Bertz CT molecular complexity index is 1350. The number of amides is 2. The number of carbonyl (C=O) groups is 2. The van der Waals surface area contributed by atoms with Crippen LogP contribution in [0.2, 0.25) is 0 Å². The first-order chi connectivity index (χ1) is 17.8. The molecule has 11 nitrogen and oxygen atoms in total. The Balaban J connectivity index is 1.41. The van der Waals surface area contributed by atoms with Gasteiger partial charge in [-0.25, -0.2) is 9.67 Å². The van der Waals surface area contributed by atoms with E-state index in [2.05, 4.69) is 39.8 Å². The highest BCUT2D eigenvalue weighted by atomic mass is 32.1. The second-order valence-corrected chi connectivity index (χ2v) is 11.1. The van der Waals surface area contributed by atoms with Gasteiger partial charge in [0, 0.05) is 57.1 Å². The van der Waals surface area contributed by atoms with Crippen molar-refractivity contribution in [1.82, 2.24) is 39.7 Å². The summed E-state index contributed by atoms with van der Waals surface area (Å²) >= 11 is 1.67. The molecule has 2 amide bonds. The zero-order valence-corrected chi connectivity index (χ0v) is 22.1. The molecule has 1 fully saturated rings. The molecule has 3 aromatic rings. The minimum Gasteiger partial charge on any atom is -0.354 e. The van der Waals surface area contributed by atoms with E-state index in [1.807, 2.05) is 10.9 Å². The van der Waals surface area contributed by atoms with Crippen LogP contribution >= 0.6 is 11.3 Å². The Morgan fingerprint density at radius 3 is 2.84 bits per heavy atom. The fraction of sp³-hybridized carbons (Fsp3) is 0.520. The summed E-state index contributed by atoms with van der Waals surface area (Å²) in [7, 11) is 1.63. The number of rotatable bonds is 3. The van der Waals surface area contributed by atoms with E-state index < -0.39 is 0 Å². The molecule has 12 heteroatoms. The highest BCUT2D eigenvalue weighted by Gasteiger charge is 2.36. The molecular formula is C25H32N8O3S. The molecule has 5 heterocycles. The van der Waals surface area contributed by atoms with Crippen LogP contribution in [0, 0.1) is 5.92 Å². The highest BCUT2D eigenvalue weighted by molar-refractivity contribution is 7.09. The second-order valence-electron chi connectivity index (χ2n) is 10.2. The molecule has 196 valence electrons. The number of aromatic nitrogens is 5. The number of pyridine rings is 1.